The van der Waals surface area contributed by atoms with Crippen molar-refractivity contribution in [3.8, 4) is 0 Å². The van der Waals surface area contributed by atoms with Crippen molar-refractivity contribution in [1.29, 1.82) is 0 Å². The highest BCUT2D eigenvalue weighted by atomic mass is 16.5. The smallest absolute Gasteiger partial charge is 0.308 e. The number of methoxy groups -OCH3 is 1. The van der Waals surface area contributed by atoms with Gasteiger partial charge in [-0.05, 0) is 25.7 Å². The van der Waals surface area contributed by atoms with Gasteiger partial charge in [-0.15, -0.1) is 0 Å². The van der Waals surface area contributed by atoms with Crippen molar-refractivity contribution in [1.82, 2.24) is 9.80 Å². The Labute approximate surface area is 140 Å². The number of rotatable bonds is 3. The summed E-state index contributed by atoms with van der Waals surface area (Å²) >= 11 is 0. The second-order valence-electron chi connectivity index (χ2n) is 6.60. The summed E-state index contributed by atoms with van der Waals surface area (Å²) in [4.78, 5) is 51.5. The van der Waals surface area contributed by atoms with Crippen molar-refractivity contribution in [2.75, 3.05) is 26.7 Å². The normalized spacial score (nSPS) is 27.4. The van der Waals surface area contributed by atoms with Crippen LogP contribution in [-0.2, 0) is 23.9 Å². The largest absolute Gasteiger partial charge is 0.469 e. The van der Waals surface area contributed by atoms with Gasteiger partial charge in [0.05, 0.1) is 24.9 Å². The van der Waals surface area contributed by atoms with E-state index in [9.17, 15) is 19.2 Å². The van der Waals surface area contributed by atoms with Crippen LogP contribution >= 0.6 is 0 Å². The van der Waals surface area contributed by atoms with E-state index in [1.807, 2.05) is 12.2 Å². The zero-order chi connectivity index (χ0) is 17.3. The Morgan fingerprint density at radius 1 is 1.08 bits per heavy atom. The number of imide groups is 1. The lowest BCUT2D eigenvalue weighted by Gasteiger charge is -2.31. The number of hydrogen-bond donors (Lipinski definition) is 0. The molecule has 3 aliphatic rings. The number of likely N-dealkylation sites (tertiary alicyclic amines) is 2. The Kier molecular flexibility index (Phi) is 4.69. The fourth-order valence-electron chi connectivity index (χ4n) is 3.79. The maximum atomic E-state index is 12.4. The van der Waals surface area contributed by atoms with E-state index in [1.54, 1.807) is 4.90 Å². The topological polar surface area (TPSA) is 84.0 Å². The molecule has 0 unspecified atom stereocenters. The molecule has 7 nitrogen and oxygen atoms in total. The van der Waals surface area contributed by atoms with Crippen LogP contribution in [0.25, 0.3) is 0 Å². The first-order chi connectivity index (χ1) is 11.5. The maximum Gasteiger partial charge on any atom is 0.308 e. The molecule has 2 atom stereocenters. The lowest BCUT2D eigenvalue weighted by Crippen LogP contribution is -2.46. The molecule has 0 N–H and O–H groups in total. The van der Waals surface area contributed by atoms with E-state index >= 15 is 0 Å². The average molecular weight is 334 g/mol. The lowest BCUT2D eigenvalue weighted by atomic mass is 9.85. The molecule has 2 aliphatic heterocycles. The van der Waals surface area contributed by atoms with Gasteiger partial charge in [-0.2, -0.15) is 0 Å². The number of fused-ring (bicyclic) bond motifs is 1. The second-order valence-corrected chi connectivity index (χ2v) is 6.60. The van der Waals surface area contributed by atoms with Gasteiger partial charge >= 0.3 is 5.97 Å². The van der Waals surface area contributed by atoms with Crippen LogP contribution in [0.2, 0.25) is 0 Å². The molecule has 3 amide bonds. The van der Waals surface area contributed by atoms with Gasteiger partial charge in [0.25, 0.3) is 0 Å². The Bertz CT molecular complexity index is 566. The number of amides is 3. The third-order valence-corrected chi connectivity index (χ3v) is 5.27. The summed E-state index contributed by atoms with van der Waals surface area (Å²) in [5.74, 6) is -1.72. The monoisotopic (exact) mass is 334 g/mol. The van der Waals surface area contributed by atoms with Gasteiger partial charge < -0.3 is 9.64 Å². The van der Waals surface area contributed by atoms with Crippen molar-refractivity contribution in [3.05, 3.63) is 12.2 Å². The van der Waals surface area contributed by atoms with Crippen LogP contribution in [0, 0.1) is 17.8 Å². The minimum Gasteiger partial charge on any atom is -0.469 e. The third kappa shape index (κ3) is 2.95. The van der Waals surface area contributed by atoms with E-state index in [0.29, 0.717) is 38.8 Å². The molecular formula is C17H22N2O5. The van der Waals surface area contributed by atoms with E-state index in [-0.39, 0.29) is 48.0 Å². The van der Waals surface area contributed by atoms with E-state index < -0.39 is 0 Å². The molecule has 1 aliphatic carbocycles. The number of piperidine rings is 1. The Morgan fingerprint density at radius 2 is 1.62 bits per heavy atom. The first kappa shape index (κ1) is 16.7. The summed E-state index contributed by atoms with van der Waals surface area (Å²) in [6.07, 6.45) is 6.10. The summed E-state index contributed by atoms with van der Waals surface area (Å²) in [5.41, 5.74) is 0. The molecule has 2 heterocycles. The minimum absolute atomic E-state index is 0.178. The summed E-state index contributed by atoms with van der Waals surface area (Å²) in [5, 5.41) is 0. The summed E-state index contributed by atoms with van der Waals surface area (Å²) < 4.78 is 4.73. The van der Waals surface area contributed by atoms with Gasteiger partial charge in [0, 0.05) is 13.1 Å². The highest BCUT2D eigenvalue weighted by Gasteiger charge is 2.48. The highest BCUT2D eigenvalue weighted by Crippen LogP contribution is 2.35. The van der Waals surface area contributed by atoms with Gasteiger partial charge in [0.1, 0.15) is 6.54 Å². The van der Waals surface area contributed by atoms with Crippen molar-refractivity contribution in [2.45, 2.75) is 25.7 Å². The van der Waals surface area contributed by atoms with Crippen LogP contribution in [0.15, 0.2) is 12.2 Å². The SMILES string of the molecule is COC(=O)C1CCN(C(=O)CN2C(=O)[C@@H]3CC=CC[C@H]3C2=O)CC1. The Hall–Kier alpha value is -2.18. The van der Waals surface area contributed by atoms with Crippen LogP contribution in [0.3, 0.4) is 0 Å². The van der Waals surface area contributed by atoms with Crippen LogP contribution in [0.4, 0.5) is 0 Å². The van der Waals surface area contributed by atoms with Crippen molar-refractivity contribution < 1.29 is 23.9 Å². The zero-order valence-electron chi connectivity index (χ0n) is 13.8. The number of esters is 1. The Morgan fingerprint density at radius 3 is 2.12 bits per heavy atom. The van der Waals surface area contributed by atoms with Crippen LogP contribution < -0.4 is 0 Å². The number of carbonyl (C=O) groups excluding carboxylic acids is 4. The van der Waals surface area contributed by atoms with Crippen LogP contribution in [0.1, 0.15) is 25.7 Å². The van der Waals surface area contributed by atoms with Crippen molar-refractivity contribution in [2.24, 2.45) is 17.8 Å². The highest BCUT2D eigenvalue weighted by molar-refractivity contribution is 6.07. The molecule has 0 radical (unpaired) electrons. The molecular weight excluding hydrogens is 312 g/mol. The van der Waals surface area contributed by atoms with E-state index in [1.165, 1.54) is 7.11 Å². The average Bonchev–Trinajstić information content (AvgIpc) is 2.86. The van der Waals surface area contributed by atoms with Gasteiger partial charge in [-0.25, -0.2) is 0 Å². The molecule has 0 aromatic rings. The maximum absolute atomic E-state index is 12.4. The van der Waals surface area contributed by atoms with Crippen molar-refractivity contribution >= 4 is 23.7 Å². The predicted octanol–water partition coefficient (Wildman–Crippen LogP) is 0.349. The first-order valence-corrected chi connectivity index (χ1v) is 8.38. The van der Waals surface area contributed by atoms with Crippen LogP contribution in [0.5, 0.6) is 0 Å². The first-order valence-electron chi connectivity index (χ1n) is 8.38. The fraction of sp³-hybridized carbons (Fsp3) is 0.647. The molecule has 2 saturated heterocycles. The van der Waals surface area contributed by atoms with E-state index in [2.05, 4.69) is 0 Å². The van der Waals surface area contributed by atoms with Gasteiger partial charge in [-0.1, -0.05) is 12.2 Å². The van der Waals surface area contributed by atoms with Crippen LogP contribution in [-0.4, -0.2) is 60.2 Å². The second kappa shape index (κ2) is 6.75. The number of ether oxygens (including phenoxy) is 1. The third-order valence-electron chi connectivity index (χ3n) is 5.27. The van der Waals surface area contributed by atoms with Gasteiger partial charge in [-0.3, -0.25) is 24.1 Å². The summed E-state index contributed by atoms with van der Waals surface area (Å²) in [7, 11) is 1.36. The number of allylic oxidation sites excluding steroid dienone is 2. The summed E-state index contributed by atoms with van der Waals surface area (Å²) in [6.45, 7) is 0.708. The molecule has 0 aromatic carbocycles. The summed E-state index contributed by atoms with van der Waals surface area (Å²) in [6, 6.07) is 0. The molecule has 130 valence electrons. The van der Waals surface area contributed by atoms with E-state index in [0.717, 1.165) is 4.90 Å². The van der Waals surface area contributed by atoms with Gasteiger partial charge in [0.2, 0.25) is 17.7 Å². The predicted molar refractivity (Wildman–Crippen MR) is 83.4 cm³/mol. The molecule has 0 saturated carbocycles. The Balaban J connectivity index is 1.57. The molecule has 3 rings (SSSR count). The minimum atomic E-state index is -0.305. The quantitative estimate of drug-likeness (QED) is 0.422. The molecule has 0 spiro atoms. The molecule has 0 bridgehead atoms. The molecule has 24 heavy (non-hydrogen) atoms. The van der Waals surface area contributed by atoms with E-state index in [4.69, 9.17) is 4.74 Å². The van der Waals surface area contributed by atoms with Gasteiger partial charge in [0.15, 0.2) is 0 Å². The lowest BCUT2D eigenvalue weighted by molar-refractivity contribution is -0.150. The standard InChI is InChI=1S/C17H22N2O5/c1-24-17(23)11-6-8-18(9-7-11)14(20)10-19-15(21)12-4-2-3-5-13(12)16(19)22/h2-3,11-13H,4-10H2,1H3/t12-,13-/m1/s1. The molecule has 7 heteroatoms. The zero-order valence-corrected chi connectivity index (χ0v) is 13.8. The van der Waals surface area contributed by atoms with Crippen molar-refractivity contribution in [3.63, 3.8) is 0 Å². The number of nitrogens with zero attached hydrogens (tertiary/aromatic N) is 2. The molecule has 0 aromatic heterocycles. The number of carbonyl (C=O) groups is 4. The fourth-order valence-corrected chi connectivity index (χ4v) is 3.79. The molecule has 2 fully saturated rings. The number of hydrogen-bond acceptors (Lipinski definition) is 5.